The maximum Gasteiger partial charge on any atom is 0.432 e. The lowest BCUT2D eigenvalue weighted by atomic mass is 10.2. The number of hydrogen-bond donors (Lipinski definition) is 3. The fourth-order valence-corrected chi connectivity index (χ4v) is 4.57. The van der Waals surface area contributed by atoms with Crippen molar-refractivity contribution in [3.05, 3.63) is 42.1 Å². The Morgan fingerprint density at radius 3 is 2.23 bits per heavy atom. The number of benzene rings is 2. The maximum absolute atomic E-state index is 13.1. The first kappa shape index (κ1) is 24.0. The molecule has 2 aromatic carbocycles. The summed E-state index contributed by atoms with van der Waals surface area (Å²) in [7, 11) is -0.290. The van der Waals surface area contributed by atoms with E-state index in [1.54, 1.807) is 6.07 Å². The number of H-pyrrole nitrogens is 1. The molecule has 2 aromatic heterocycles. The highest BCUT2D eigenvalue weighted by molar-refractivity contribution is 7.93. The van der Waals surface area contributed by atoms with E-state index in [-0.39, 0.29) is 50.4 Å². The number of hydrogen-bond acceptors (Lipinski definition) is 9. The highest BCUT2D eigenvalue weighted by Gasteiger charge is 2.33. The van der Waals surface area contributed by atoms with Crippen LogP contribution in [0.25, 0.3) is 11.0 Å². The van der Waals surface area contributed by atoms with E-state index in [4.69, 9.17) is 18.7 Å². The number of sulfonamides is 1. The number of methoxy groups -OCH3 is 3. The summed E-state index contributed by atoms with van der Waals surface area (Å²) < 4.78 is 88.0. The Morgan fingerprint density at radius 1 is 1.00 bits per heavy atom. The van der Waals surface area contributed by atoms with Gasteiger partial charge in [0.2, 0.25) is 0 Å². The van der Waals surface area contributed by atoms with E-state index in [9.17, 15) is 21.6 Å². The van der Waals surface area contributed by atoms with Crippen molar-refractivity contribution in [1.82, 2.24) is 15.4 Å². The van der Waals surface area contributed by atoms with E-state index in [1.807, 2.05) is 5.10 Å². The molecular weight excluding hydrogens is 495 g/mol. The van der Waals surface area contributed by atoms with Crippen molar-refractivity contribution in [2.45, 2.75) is 11.1 Å². The van der Waals surface area contributed by atoms with Crippen LogP contribution in [0.3, 0.4) is 0 Å². The molecule has 0 fully saturated rings. The highest BCUT2D eigenvalue weighted by atomic mass is 32.2. The Bertz CT molecular complexity index is 1460. The van der Waals surface area contributed by atoms with Gasteiger partial charge in [-0.25, -0.2) is 8.42 Å². The van der Waals surface area contributed by atoms with Crippen LogP contribution in [0, 0.1) is 0 Å². The minimum atomic E-state index is -4.60. The predicted octanol–water partition coefficient (Wildman–Crippen LogP) is 4.14. The Labute approximate surface area is 196 Å². The zero-order chi connectivity index (χ0) is 25.4. The van der Waals surface area contributed by atoms with Crippen LogP contribution in [-0.2, 0) is 16.2 Å². The number of aromatic amines is 1. The monoisotopic (exact) mass is 513 g/mol. The molecule has 15 heteroatoms. The first-order valence-electron chi connectivity index (χ1n) is 9.68. The quantitative estimate of drug-likeness (QED) is 0.317. The van der Waals surface area contributed by atoms with Crippen molar-refractivity contribution >= 4 is 38.3 Å². The average molecular weight is 513 g/mol. The number of fused-ring (bicyclic) bond motifs is 1. The number of alkyl halides is 3. The number of anilines is 3. The van der Waals surface area contributed by atoms with Crippen LogP contribution in [0.2, 0.25) is 0 Å². The molecule has 0 unspecified atom stereocenters. The van der Waals surface area contributed by atoms with Gasteiger partial charge in [-0.2, -0.15) is 18.3 Å². The van der Waals surface area contributed by atoms with E-state index >= 15 is 0 Å². The second-order valence-electron chi connectivity index (χ2n) is 6.97. The smallest absolute Gasteiger partial charge is 0.432 e. The molecule has 2 heterocycles. The minimum absolute atomic E-state index is 0.0472. The molecule has 4 rings (SSSR count). The zero-order valence-electron chi connectivity index (χ0n) is 18.4. The molecule has 0 bridgehead atoms. The summed E-state index contributed by atoms with van der Waals surface area (Å²) in [6, 6.07) is 8.05. The molecule has 11 nitrogen and oxygen atoms in total. The molecule has 0 aliphatic rings. The van der Waals surface area contributed by atoms with Crippen molar-refractivity contribution in [3.8, 4) is 17.2 Å². The molecule has 0 saturated heterocycles. The Kier molecular flexibility index (Phi) is 6.10. The van der Waals surface area contributed by atoms with E-state index in [2.05, 4.69) is 20.3 Å². The van der Waals surface area contributed by atoms with Gasteiger partial charge >= 0.3 is 6.18 Å². The van der Waals surface area contributed by atoms with Crippen molar-refractivity contribution in [2.24, 2.45) is 0 Å². The van der Waals surface area contributed by atoms with Crippen LogP contribution in [0.1, 0.15) is 5.69 Å². The molecule has 4 aromatic rings. The number of nitrogens with zero attached hydrogens (tertiary/aromatic N) is 2. The predicted molar refractivity (Wildman–Crippen MR) is 118 cm³/mol. The van der Waals surface area contributed by atoms with Gasteiger partial charge in [-0.15, -0.1) is 0 Å². The van der Waals surface area contributed by atoms with Gasteiger partial charge in [0.25, 0.3) is 10.0 Å². The topological polar surface area (TPSA) is 141 Å². The molecule has 0 radical (unpaired) electrons. The van der Waals surface area contributed by atoms with Crippen LogP contribution >= 0.6 is 0 Å². The molecule has 35 heavy (non-hydrogen) atoms. The van der Waals surface area contributed by atoms with Gasteiger partial charge in [0.15, 0.2) is 22.1 Å². The van der Waals surface area contributed by atoms with Crippen LogP contribution in [-0.4, -0.2) is 45.1 Å². The van der Waals surface area contributed by atoms with E-state index < -0.39 is 21.9 Å². The number of halogens is 3. The number of rotatable bonds is 8. The lowest BCUT2D eigenvalue weighted by Crippen LogP contribution is -2.15. The summed E-state index contributed by atoms with van der Waals surface area (Å²) in [5, 5.41) is 12.2. The SMILES string of the molecule is COc1cc2c(NS(=O)(=O)c3c(OC)cccc3OC)noc2cc1Nc1cc(C(F)(F)F)[nH]n1. The van der Waals surface area contributed by atoms with Gasteiger partial charge < -0.3 is 24.1 Å². The van der Waals surface area contributed by atoms with Crippen LogP contribution in [0.4, 0.5) is 30.5 Å². The standard InChI is InChI=1S/C20H18F3N5O6S/c1-31-12-5-4-6-13(32-2)18(12)35(29,30)28-19-10-7-15(33-3)11(8-14(10)34-27-19)24-17-9-16(25-26-17)20(21,22)23/h4-9H,1-3H3,(H,27,28)(H2,24,25,26). The molecule has 0 spiro atoms. The summed E-state index contributed by atoms with van der Waals surface area (Å²) in [5.41, 5.74) is -0.718. The summed E-state index contributed by atoms with van der Waals surface area (Å²) >= 11 is 0. The molecule has 186 valence electrons. The van der Waals surface area contributed by atoms with Gasteiger partial charge in [-0.05, 0) is 18.2 Å². The second kappa shape index (κ2) is 8.90. The first-order valence-corrected chi connectivity index (χ1v) is 11.2. The number of aromatic nitrogens is 3. The molecule has 0 atom stereocenters. The zero-order valence-corrected chi connectivity index (χ0v) is 19.2. The van der Waals surface area contributed by atoms with Crippen LogP contribution in [0.5, 0.6) is 17.2 Å². The fraction of sp³-hybridized carbons (Fsp3) is 0.200. The van der Waals surface area contributed by atoms with Gasteiger partial charge in [-0.1, -0.05) is 11.2 Å². The maximum atomic E-state index is 13.1. The molecular formula is C20H18F3N5O6S. The van der Waals surface area contributed by atoms with E-state index in [0.717, 1.165) is 6.07 Å². The van der Waals surface area contributed by atoms with Gasteiger partial charge in [0, 0.05) is 12.1 Å². The van der Waals surface area contributed by atoms with Gasteiger partial charge in [0.1, 0.15) is 22.9 Å². The average Bonchev–Trinajstić information content (AvgIpc) is 3.44. The van der Waals surface area contributed by atoms with Crippen molar-refractivity contribution in [2.75, 3.05) is 31.4 Å². The Hall–Kier alpha value is -4.14. The summed E-state index contributed by atoms with van der Waals surface area (Å²) in [5.74, 6) is -0.0277. The molecule has 0 aliphatic carbocycles. The third-order valence-corrected chi connectivity index (χ3v) is 6.22. The third-order valence-electron chi connectivity index (χ3n) is 4.82. The van der Waals surface area contributed by atoms with E-state index in [1.165, 1.54) is 45.6 Å². The largest absolute Gasteiger partial charge is 0.495 e. The van der Waals surface area contributed by atoms with Gasteiger partial charge in [-0.3, -0.25) is 9.82 Å². The van der Waals surface area contributed by atoms with Crippen molar-refractivity contribution in [1.29, 1.82) is 0 Å². The lowest BCUT2D eigenvalue weighted by molar-refractivity contribution is -0.141. The molecule has 3 N–H and O–H groups in total. The number of ether oxygens (including phenoxy) is 3. The fourth-order valence-electron chi connectivity index (χ4n) is 3.23. The second-order valence-corrected chi connectivity index (χ2v) is 8.59. The van der Waals surface area contributed by atoms with E-state index in [0.29, 0.717) is 0 Å². The minimum Gasteiger partial charge on any atom is -0.495 e. The van der Waals surface area contributed by atoms with Crippen molar-refractivity contribution in [3.63, 3.8) is 0 Å². The Balaban J connectivity index is 1.70. The lowest BCUT2D eigenvalue weighted by Gasteiger charge is -2.14. The molecule has 0 amide bonds. The summed E-state index contributed by atoms with van der Waals surface area (Å²) in [6.45, 7) is 0. The number of nitrogens with one attached hydrogen (secondary N) is 3. The first-order chi connectivity index (χ1) is 16.6. The third kappa shape index (κ3) is 4.62. The van der Waals surface area contributed by atoms with Crippen molar-refractivity contribution < 1.29 is 40.3 Å². The Morgan fingerprint density at radius 2 is 1.66 bits per heavy atom. The van der Waals surface area contributed by atoms with Crippen LogP contribution < -0.4 is 24.2 Å². The summed E-state index contributed by atoms with van der Waals surface area (Å²) in [4.78, 5) is -0.245. The normalized spacial score (nSPS) is 11.9. The molecule has 0 saturated carbocycles. The van der Waals surface area contributed by atoms with Crippen LogP contribution in [0.15, 0.2) is 45.8 Å². The molecule has 0 aliphatic heterocycles. The van der Waals surface area contributed by atoms with Gasteiger partial charge in [0.05, 0.1) is 32.4 Å². The summed E-state index contributed by atoms with van der Waals surface area (Å²) in [6.07, 6.45) is -4.60. The highest BCUT2D eigenvalue weighted by Crippen LogP contribution is 2.39.